The largest absolute Gasteiger partial charge is 0.471 e. The Morgan fingerprint density at radius 2 is 1.90 bits per heavy atom. The van der Waals surface area contributed by atoms with Crippen LogP contribution in [0.1, 0.15) is 24.3 Å². The number of halogens is 3. The molecule has 31 heavy (non-hydrogen) atoms. The number of hydrogen-bond acceptors (Lipinski definition) is 7. The number of carbonyl (C=O) groups excluding carboxylic acids is 2. The maximum atomic E-state index is 12.6. The van der Waals surface area contributed by atoms with Gasteiger partial charge in [0.25, 0.3) is 0 Å². The molecule has 0 bridgehead atoms. The summed E-state index contributed by atoms with van der Waals surface area (Å²) in [4.78, 5) is 34.5. The number of amides is 2. The zero-order valence-electron chi connectivity index (χ0n) is 17.0. The number of piperidine rings is 1. The summed E-state index contributed by atoms with van der Waals surface area (Å²) in [5.41, 5.74) is 0.980. The number of hydrogen-bond donors (Lipinski definition) is 1. The Bertz CT molecular complexity index is 908. The van der Waals surface area contributed by atoms with Gasteiger partial charge in [-0.2, -0.15) is 23.2 Å². The fourth-order valence-electron chi connectivity index (χ4n) is 3.22. The molecule has 9 nitrogen and oxygen atoms in total. The van der Waals surface area contributed by atoms with Crippen LogP contribution < -0.4 is 5.32 Å². The highest BCUT2D eigenvalue weighted by atomic mass is 19.4. The number of nitrogens with one attached hydrogen (secondary N) is 1. The molecule has 1 aliphatic heterocycles. The Kier molecular flexibility index (Phi) is 6.91. The van der Waals surface area contributed by atoms with Crippen molar-refractivity contribution >= 4 is 11.8 Å². The second kappa shape index (κ2) is 9.43. The lowest BCUT2D eigenvalue weighted by Gasteiger charge is -2.35. The molecule has 168 valence electrons. The van der Waals surface area contributed by atoms with Crippen molar-refractivity contribution in [1.29, 1.82) is 0 Å². The maximum Gasteiger partial charge on any atom is 0.471 e. The smallest absolute Gasteiger partial charge is 0.344 e. The lowest BCUT2D eigenvalue weighted by Crippen LogP contribution is -2.49. The van der Waals surface area contributed by atoms with Crippen molar-refractivity contribution < 1.29 is 32.1 Å². The van der Waals surface area contributed by atoms with E-state index in [9.17, 15) is 22.8 Å². The van der Waals surface area contributed by atoms with E-state index in [1.165, 1.54) is 17.0 Å². The normalized spacial score (nSPS) is 15.6. The minimum Gasteiger partial charge on any atom is -0.344 e. The third-order valence-corrected chi connectivity index (χ3v) is 5.08. The number of likely N-dealkylation sites (N-methyl/N-ethyl adjacent to an activating group) is 1. The lowest BCUT2D eigenvalue weighted by molar-refractivity contribution is -0.159. The predicted molar refractivity (Wildman–Crippen MR) is 101 cm³/mol. The summed E-state index contributed by atoms with van der Waals surface area (Å²) in [6, 6.07) is 6.15. The number of benzene rings is 1. The van der Waals surface area contributed by atoms with Crippen molar-refractivity contribution in [2.24, 2.45) is 0 Å². The van der Waals surface area contributed by atoms with Gasteiger partial charge in [-0.05, 0) is 18.4 Å². The first-order valence-corrected chi connectivity index (χ1v) is 9.53. The second-order valence-corrected chi connectivity index (χ2v) is 7.06. The topological polar surface area (TPSA) is 101 Å². The molecule has 1 fully saturated rings. The van der Waals surface area contributed by atoms with Gasteiger partial charge in [-0.25, -0.2) is 0 Å². The molecule has 1 aromatic heterocycles. The van der Waals surface area contributed by atoms with Gasteiger partial charge >= 0.3 is 23.9 Å². The van der Waals surface area contributed by atoms with E-state index in [-0.39, 0.29) is 18.4 Å². The van der Waals surface area contributed by atoms with Crippen LogP contribution in [0, 0.1) is 0 Å². The number of nitrogens with zero attached hydrogens (tertiary/aromatic N) is 4. The Morgan fingerprint density at radius 3 is 2.45 bits per heavy atom. The molecule has 3 rings (SSSR count). The van der Waals surface area contributed by atoms with Gasteiger partial charge in [0, 0.05) is 38.3 Å². The van der Waals surface area contributed by atoms with Crippen LogP contribution in [0.3, 0.4) is 0 Å². The van der Waals surface area contributed by atoms with E-state index in [1.807, 2.05) is 0 Å². The third-order valence-electron chi connectivity index (χ3n) is 5.08. The summed E-state index contributed by atoms with van der Waals surface area (Å²) in [6.45, 7) is 1.44. The Morgan fingerprint density at radius 1 is 1.26 bits per heavy atom. The predicted octanol–water partition coefficient (Wildman–Crippen LogP) is 1.86. The molecule has 12 heteroatoms. The van der Waals surface area contributed by atoms with Gasteiger partial charge in [0.2, 0.25) is 5.82 Å². The average molecular weight is 441 g/mol. The number of alkyl halides is 3. The van der Waals surface area contributed by atoms with Crippen LogP contribution in [0.25, 0.3) is 11.4 Å². The van der Waals surface area contributed by atoms with Gasteiger partial charge in [0.1, 0.15) is 0 Å². The third kappa shape index (κ3) is 5.58. The van der Waals surface area contributed by atoms with Crippen LogP contribution in [0.5, 0.6) is 0 Å². The van der Waals surface area contributed by atoms with Crippen molar-refractivity contribution in [2.75, 3.05) is 27.2 Å². The van der Waals surface area contributed by atoms with Gasteiger partial charge in [-0.15, -0.1) is 0 Å². The van der Waals surface area contributed by atoms with Gasteiger partial charge in [0.05, 0.1) is 7.11 Å². The summed E-state index contributed by atoms with van der Waals surface area (Å²) in [5, 5.41) is 7.68. The highest BCUT2D eigenvalue weighted by Gasteiger charge is 2.38. The van der Waals surface area contributed by atoms with Crippen LogP contribution in [0.15, 0.2) is 28.8 Å². The van der Waals surface area contributed by atoms with Crippen LogP contribution in [-0.4, -0.2) is 65.2 Å². The average Bonchev–Trinajstić information content (AvgIpc) is 3.28. The summed E-state index contributed by atoms with van der Waals surface area (Å²) in [6.07, 6.45) is -3.30. The Hall–Kier alpha value is -2.99. The molecular formula is C19H22F3N5O4. The first-order chi connectivity index (χ1) is 14.7. The summed E-state index contributed by atoms with van der Waals surface area (Å²) < 4.78 is 41.9. The first-order valence-electron chi connectivity index (χ1n) is 9.53. The molecule has 2 amide bonds. The molecule has 0 aliphatic carbocycles. The van der Waals surface area contributed by atoms with Crippen molar-refractivity contribution in [3.05, 3.63) is 35.7 Å². The summed E-state index contributed by atoms with van der Waals surface area (Å²) in [5.74, 6) is -2.97. The second-order valence-electron chi connectivity index (χ2n) is 7.06. The molecule has 1 aliphatic rings. The molecule has 0 atom stereocenters. The zero-order chi connectivity index (χ0) is 22.6. The fraction of sp³-hybridized carbons (Fsp3) is 0.474. The standard InChI is InChI=1S/C19H22F3N5O4/c1-26(14-7-9-27(30-2)10-8-14)17(29)16(28)23-11-12-3-5-13(6-4-12)15-24-18(31-25-15)19(20,21)22/h3-6,14H,7-11H2,1-2H3,(H,23,28). The van der Waals surface area contributed by atoms with E-state index in [1.54, 1.807) is 31.4 Å². The van der Waals surface area contributed by atoms with Crippen LogP contribution in [-0.2, 0) is 27.1 Å². The van der Waals surface area contributed by atoms with Gasteiger partial charge in [-0.3, -0.25) is 9.59 Å². The molecule has 0 saturated carbocycles. The maximum absolute atomic E-state index is 12.6. The highest BCUT2D eigenvalue weighted by Crippen LogP contribution is 2.29. The van der Waals surface area contributed by atoms with E-state index in [4.69, 9.17) is 4.84 Å². The molecule has 1 N–H and O–H groups in total. The number of aromatic nitrogens is 2. The van der Waals surface area contributed by atoms with E-state index in [0.29, 0.717) is 37.1 Å². The molecule has 2 heterocycles. The molecular weight excluding hydrogens is 419 g/mol. The highest BCUT2D eigenvalue weighted by molar-refractivity contribution is 6.34. The van der Waals surface area contributed by atoms with E-state index in [2.05, 4.69) is 20.0 Å². The first kappa shape index (κ1) is 22.7. The Balaban J connectivity index is 1.52. The molecule has 2 aromatic rings. The van der Waals surface area contributed by atoms with Crippen LogP contribution >= 0.6 is 0 Å². The number of hydroxylamine groups is 2. The van der Waals surface area contributed by atoms with Crippen molar-refractivity contribution in [2.45, 2.75) is 31.6 Å². The quantitative estimate of drug-likeness (QED) is 0.707. The van der Waals surface area contributed by atoms with Crippen molar-refractivity contribution in [3.8, 4) is 11.4 Å². The number of rotatable bonds is 5. The van der Waals surface area contributed by atoms with Crippen molar-refractivity contribution in [3.63, 3.8) is 0 Å². The number of carbonyl (C=O) groups is 2. The minimum absolute atomic E-state index is 0.0412. The molecule has 0 unspecified atom stereocenters. The van der Waals surface area contributed by atoms with Crippen molar-refractivity contribution in [1.82, 2.24) is 25.4 Å². The monoisotopic (exact) mass is 441 g/mol. The fourth-order valence-corrected chi connectivity index (χ4v) is 3.22. The Labute approximate surface area is 176 Å². The molecule has 0 radical (unpaired) electrons. The summed E-state index contributed by atoms with van der Waals surface area (Å²) in [7, 11) is 3.20. The van der Waals surface area contributed by atoms with Gasteiger partial charge in [-0.1, -0.05) is 29.4 Å². The lowest BCUT2D eigenvalue weighted by atomic mass is 10.0. The van der Waals surface area contributed by atoms with Gasteiger partial charge < -0.3 is 19.6 Å². The van der Waals surface area contributed by atoms with E-state index >= 15 is 0 Å². The molecule has 0 spiro atoms. The summed E-state index contributed by atoms with van der Waals surface area (Å²) >= 11 is 0. The molecule has 1 aromatic carbocycles. The SMILES string of the molecule is CON1CCC(N(C)C(=O)C(=O)NCc2ccc(-c3noc(C(F)(F)F)n3)cc2)CC1. The van der Waals surface area contributed by atoms with Crippen LogP contribution in [0.2, 0.25) is 0 Å². The zero-order valence-corrected chi connectivity index (χ0v) is 17.0. The minimum atomic E-state index is -4.71. The van der Waals surface area contributed by atoms with Gasteiger partial charge in [0.15, 0.2) is 0 Å². The van der Waals surface area contributed by atoms with E-state index in [0.717, 1.165) is 0 Å². The van der Waals surface area contributed by atoms with E-state index < -0.39 is 23.9 Å². The molecule has 1 saturated heterocycles. The van der Waals surface area contributed by atoms with Crippen LogP contribution in [0.4, 0.5) is 13.2 Å².